The smallest absolute Gasteiger partial charge is 0.339 e. The van der Waals surface area contributed by atoms with E-state index in [-0.39, 0.29) is 6.79 Å². The first kappa shape index (κ1) is 18.5. The van der Waals surface area contributed by atoms with Crippen LogP contribution in [0.15, 0.2) is 54.0 Å². The Morgan fingerprint density at radius 2 is 2.10 bits per heavy atom. The number of ether oxygens (including phenoxy) is 3. The lowest BCUT2D eigenvalue weighted by molar-refractivity contribution is 0.0602. The number of para-hydroxylation sites is 1. The Balaban J connectivity index is 1.58. The molecule has 0 unspecified atom stereocenters. The van der Waals surface area contributed by atoms with Crippen LogP contribution >= 0.6 is 11.3 Å². The molecule has 4 rings (SSSR count). The lowest BCUT2D eigenvalue weighted by Gasteiger charge is -2.07. The van der Waals surface area contributed by atoms with E-state index in [1.807, 2.05) is 23.6 Å². The normalized spacial score (nSPS) is 12.3. The van der Waals surface area contributed by atoms with Crippen molar-refractivity contribution < 1.29 is 19.0 Å². The van der Waals surface area contributed by atoms with Crippen molar-refractivity contribution in [2.45, 2.75) is 0 Å². The third kappa shape index (κ3) is 3.77. The lowest BCUT2D eigenvalue weighted by Crippen LogP contribution is -2.05. The second kappa shape index (κ2) is 8.04. The summed E-state index contributed by atoms with van der Waals surface area (Å²) in [6, 6.07) is 14.6. The minimum Gasteiger partial charge on any atom is -0.465 e. The Hall–Kier alpha value is -3.83. The number of esters is 1. The van der Waals surface area contributed by atoms with Gasteiger partial charge in [-0.2, -0.15) is 5.26 Å². The number of hydrogen-bond acceptors (Lipinski definition) is 8. The Morgan fingerprint density at radius 3 is 2.93 bits per heavy atom. The van der Waals surface area contributed by atoms with Crippen LogP contribution in [0.4, 0.5) is 5.69 Å². The summed E-state index contributed by atoms with van der Waals surface area (Å²) >= 11 is 1.35. The standard InChI is InChI=1S/C21H15N3O4S/c1-26-21(25)15-4-2-3-5-16(15)23-10-14(9-22)20-24-17(11-29-20)13-6-7-18-19(8-13)28-12-27-18/h2-8,10-11,23H,12H2,1H3/b14-10-. The van der Waals surface area contributed by atoms with Crippen LogP contribution in [-0.2, 0) is 4.74 Å². The summed E-state index contributed by atoms with van der Waals surface area (Å²) in [5.74, 6) is 0.920. The maximum Gasteiger partial charge on any atom is 0.339 e. The Bertz CT molecular complexity index is 1150. The van der Waals surface area contributed by atoms with E-state index < -0.39 is 5.97 Å². The quantitative estimate of drug-likeness (QED) is 0.499. The number of nitrogens with one attached hydrogen (secondary N) is 1. The number of allylic oxidation sites excluding steroid dienone is 1. The summed E-state index contributed by atoms with van der Waals surface area (Å²) in [6.07, 6.45) is 1.53. The van der Waals surface area contributed by atoms with Gasteiger partial charge in [0.25, 0.3) is 0 Å². The maximum atomic E-state index is 11.9. The molecule has 2 aromatic carbocycles. The number of fused-ring (bicyclic) bond motifs is 1. The van der Waals surface area contributed by atoms with Crippen molar-refractivity contribution in [3.63, 3.8) is 0 Å². The third-order valence-corrected chi connectivity index (χ3v) is 5.10. The summed E-state index contributed by atoms with van der Waals surface area (Å²) < 4.78 is 15.5. The molecule has 7 nitrogen and oxygen atoms in total. The van der Waals surface area contributed by atoms with Crippen LogP contribution in [0.1, 0.15) is 15.4 Å². The molecular weight excluding hydrogens is 390 g/mol. The summed E-state index contributed by atoms with van der Waals surface area (Å²) in [4.78, 5) is 16.4. The maximum absolute atomic E-state index is 11.9. The van der Waals surface area contributed by atoms with Crippen molar-refractivity contribution in [1.29, 1.82) is 5.26 Å². The fraction of sp³-hybridized carbons (Fsp3) is 0.0952. The van der Waals surface area contributed by atoms with Gasteiger partial charge in [-0.25, -0.2) is 9.78 Å². The van der Waals surface area contributed by atoms with E-state index in [2.05, 4.69) is 16.4 Å². The van der Waals surface area contributed by atoms with E-state index in [0.29, 0.717) is 33.3 Å². The minimum absolute atomic E-state index is 0.209. The summed E-state index contributed by atoms with van der Waals surface area (Å²) in [5, 5.41) is 15.0. The SMILES string of the molecule is COC(=O)c1ccccc1N/C=C(/C#N)c1nc(-c2ccc3c(c2)OCO3)cs1. The molecule has 1 aliphatic rings. The average Bonchev–Trinajstić information content (AvgIpc) is 3.43. The molecule has 0 aliphatic carbocycles. The number of aromatic nitrogens is 1. The zero-order valence-electron chi connectivity index (χ0n) is 15.3. The Morgan fingerprint density at radius 1 is 1.28 bits per heavy atom. The fourth-order valence-electron chi connectivity index (χ4n) is 2.77. The molecule has 3 aromatic rings. The van der Waals surface area contributed by atoms with Crippen LogP contribution in [0.5, 0.6) is 11.5 Å². The average molecular weight is 405 g/mol. The van der Waals surface area contributed by atoms with E-state index in [0.717, 1.165) is 11.3 Å². The summed E-state index contributed by atoms with van der Waals surface area (Å²) in [5.41, 5.74) is 2.88. The van der Waals surface area contributed by atoms with Crippen molar-refractivity contribution in [2.75, 3.05) is 19.2 Å². The molecule has 0 amide bonds. The number of benzene rings is 2. The van der Waals surface area contributed by atoms with Gasteiger partial charge in [0.2, 0.25) is 6.79 Å². The molecule has 1 aromatic heterocycles. The van der Waals surface area contributed by atoms with Gasteiger partial charge in [0.1, 0.15) is 16.6 Å². The molecular formula is C21H15N3O4S. The van der Waals surface area contributed by atoms with Crippen molar-refractivity contribution in [2.24, 2.45) is 0 Å². The van der Waals surface area contributed by atoms with Gasteiger partial charge < -0.3 is 19.5 Å². The number of rotatable bonds is 5. The highest BCUT2D eigenvalue weighted by Crippen LogP contribution is 2.36. The van der Waals surface area contributed by atoms with Gasteiger partial charge in [-0.05, 0) is 30.3 Å². The van der Waals surface area contributed by atoms with Crippen LogP contribution in [0, 0.1) is 11.3 Å². The van der Waals surface area contributed by atoms with Crippen molar-refractivity contribution in [1.82, 2.24) is 4.98 Å². The summed E-state index contributed by atoms with van der Waals surface area (Å²) in [7, 11) is 1.32. The van der Waals surface area contributed by atoms with Gasteiger partial charge in [0.05, 0.1) is 24.1 Å². The monoisotopic (exact) mass is 405 g/mol. The molecule has 0 bridgehead atoms. The van der Waals surface area contributed by atoms with Crippen LogP contribution in [0.3, 0.4) is 0 Å². The molecule has 0 saturated heterocycles. The first-order valence-corrected chi connectivity index (χ1v) is 9.47. The second-order valence-corrected chi connectivity index (χ2v) is 6.82. The van der Waals surface area contributed by atoms with Crippen molar-refractivity contribution in [3.05, 3.63) is 64.6 Å². The van der Waals surface area contributed by atoms with Gasteiger partial charge in [0.15, 0.2) is 11.5 Å². The van der Waals surface area contributed by atoms with E-state index in [1.165, 1.54) is 24.6 Å². The highest BCUT2D eigenvalue weighted by molar-refractivity contribution is 7.11. The topological polar surface area (TPSA) is 93.5 Å². The molecule has 1 aliphatic heterocycles. The molecule has 8 heteroatoms. The predicted octanol–water partition coefficient (Wildman–Crippen LogP) is 4.30. The molecule has 0 radical (unpaired) electrons. The number of nitrogens with zero attached hydrogens (tertiary/aromatic N) is 2. The molecule has 0 fully saturated rings. The minimum atomic E-state index is -0.459. The van der Waals surface area contributed by atoms with Crippen LogP contribution < -0.4 is 14.8 Å². The Labute approximate surface area is 170 Å². The molecule has 0 atom stereocenters. The number of carbonyl (C=O) groups excluding carboxylic acids is 1. The highest BCUT2D eigenvalue weighted by Gasteiger charge is 2.16. The van der Waals surface area contributed by atoms with Crippen LogP contribution in [0.25, 0.3) is 16.8 Å². The van der Waals surface area contributed by atoms with E-state index >= 15 is 0 Å². The molecule has 2 heterocycles. The van der Waals surface area contributed by atoms with Gasteiger partial charge >= 0.3 is 5.97 Å². The van der Waals surface area contributed by atoms with Gasteiger partial charge in [0, 0.05) is 17.1 Å². The molecule has 0 spiro atoms. The predicted molar refractivity (Wildman–Crippen MR) is 109 cm³/mol. The summed E-state index contributed by atoms with van der Waals surface area (Å²) in [6.45, 7) is 0.209. The molecule has 144 valence electrons. The Kier molecular flexibility index (Phi) is 5.14. The fourth-order valence-corrected chi connectivity index (χ4v) is 3.57. The van der Waals surface area contributed by atoms with Gasteiger partial charge in [-0.15, -0.1) is 11.3 Å². The number of nitriles is 1. The molecule has 29 heavy (non-hydrogen) atoms. The van der Waals surface area contributed by atoms with Gasteiger partial charge in [-0.3, -0.25) is 0 Å². The van der Waals surface area contributed by atoms with E-state index in [4.69, 9.17) is 14.2 Å². The first-order valence-electron chi connectivity index (χ1n) is 8.59. The molecule has 0 saturated carbocycles. The number of thiazole rings is 1. The number of carbonyl (C=O) groups is 1. The van der Waals surface area contributed by atoms with E-state index in [1.54, 1.807) is 24.3 Å². The zero-order chi connectivity index (χ0) is 20.2. The van der Waals surface area contributed by atoms with E-state index in [9.17, 15) is 10.1 Å². The number of methoxy groups -OCH3 is 1. The number of hydrogen-bond donors (Lipinski definition) is 1. The van der Waals surface area contributed by atoms with Crippen molar-refractivity contribution in [3.8, 4) is 28.8 Å². The zero-order valence-corrected chi connectivity index (χ0v) is 16.2. The highest BCUT2D eigenvalue weighted by atomic mass is 32.1. The second-order valence-electron chi connectivity index (χ2n) is 5.96. The van der Waals surface area contributed by atoms with Crippen molar-refractivity contribution >= 4 is 28.6 Å². The third-order valence-electron chi connectivity index (χ3n) is 4.23. The van der Waals surface area contributed by atoms with Crippen LogP contribution in [0.2, 0.25) is 0 Å². The molecule has 1 N–H and O–H groups in total. The van der Waals surface area contributed by atoms with Crippen LogP contribution in [-0.4, -0.2) is 24.9 Å². The number of anilines is 1. The lowest BCUT2D eigenvalue weighted by atomic mass is 10.1. The largest absolute Gasteiger partial charge is 0.465 e. The van der Waals surface area contributed by atoms with Gasteiger partial charge in [-0.1, -0.05) is 12.1 Å². The first-order chi connectivity index (χ1) is 14.2.